The molecule has 4 aliphatic carbocycles. The van der Waals surface area contributed by atoms with Gasteiger partial charge in [-0.1, -0.05) is 40.2 Å². The Kier molecular flexibility index (Phi) is 4.22. The Morgan fingerprint density at radius 3 is 2.06 bits per heavy atom. The molecule has 156 valence electrons. The van der Waals surface area contributed by atoms with Gasteiger partial charge in [0.05, 0.1) is 17.5 Å². The summed E-state index contributed by atoms with van der Waals surface area (Å²) in [6, 6.07) is 14.0. The molecule has 0 aromatic heterocycles. The molecule has 0 radical (unpaired) electrons. The van der Waals surface area contributed by atoms with E-state index in [0.29, 0.717) is 28.8 Å². The minimum Gasteiger partial charge on any atom is -0.485 e. The second kappa shape index (κ2) is 6.89. The molecule has 0 N–H and O–H groups in total. The van der Waals surface area contributed by atoms with Crippen molar-refractivity contribution in [1.82, 2.24) is 0 Å². The van der Waals surface area contributed by atoms with Gasteiger partial charge in [-0.05, 0) is 66.5 Å². The van der Waals surface area contributed by atoms with Crippen molar-refractivity contribution in [1.29, 1.82) is 0 Å². The Hall–Kier alpha value is -2.73. The number of ether oxygens (including phenoxy) is 1. The molecule has 5 nitrogen and oxygen atoms in total. The number of amides is 2. The van der Waals surface area contributed by atoms with E-state index in [4.69, 9.17) is 4.74 Å². The summed E-state index contributed by atoms with van der Waals surface area (Å²) in [5, 5.41) is 0. The Bertz CT molecular complexity index is 1090. The highest BCUT2D eigenvalue weighted by atomic mass is 79.9. The third-order valence-corrected chi connectivity index (χ3v) is 7.82. The number of imide groups is 1. The fourth-order valence-corrected chi connectivity index (χ4v) is 6.04. The third kappa shape index (κ3) is 2.92. The largest absolute Gasteiger partial charge is 0.485 e. The molecule has 0 spiro atoms. The molecule has 2 amide bonds. The van der Waals surface area contributed by atoms with Gasteiger partial charge in [-0.3, -0.25) is 19.3 Å². The number of ketones is 1. The normalized spacial score (nSPS) is 32.1. The molecule has 2 aromatic rings. The van der Waals surface area contributed by atoms with E-state index in [2.05, 4.69) is 28.1 Å². The number of carbonyl (C=O) groups is 3. The summed E-state index contributed by atoms with van der Waals surface area (Å²) in [7, 11) is 0. The van der Waals surface area contributed by atoms with Gasteiger partial charge in [0, 0.05) is 10.0 Å². The first-order valence-corrected chi connectivity index (χ1v) is 11.4. The quantitative estimate of drug-likeness (QED) is 0.366. The average Bonchev–Trinajstić information content (AvgIpc) is 3.56. The van der Waals surface area contributed by atoms with Gasteiger partial charge in [-0.2, -0.15) is 0 Å². The summed E-state index contributed by atoms with van der Waals surface area (Å²) >= 11 is 3.35. The number of halogens is 1. The smallest absolute Gasteiger partial charge is 0.238 e. The first kappa shape index (κ1) is 19.0. The molecular weight excluding hydrogens is 458 g/mol. The van der Waals surface area contributed by atoms with Gasteiger partial charge < -0.3 is 4.74 Å². The number of benzene rings is 2. The van der Waals surface area contributed by atoms with E-state index in [1.165, 1.54) is 4.90 Å². The highest BCUT2D eigenvalue weighted by molar-refractivity contribution is 9.10. The second-order valence-corrected chi connectivity index (χ2v) is 9.79. The van der Waals surface area contributed by atoms with Crippen molar-refractivity contribution in [3.63, 3.8) is 0 Å². The molecule has 6 atom stereocenters. The zero-order chi connectivity index (χ0) is 21.3. The molecule has 2 saturated carbocycles. The highest BCUT2D eigenvalue weighted by Gasteiger charge is 2.67. The summed E-state index contributed by atoms with van der Waals surface area (Å²) in [5.41, 5.74) is 1.15. The molecule has 1 saturated heterocycles. The van der Waals surface area contributed by atoms with Gasteiger partial charge >= 0.3 is 0 Å². The zero-order valence-electron chi connectivity index (χ0n) is 16.6. The van der Waals surface area contributed by atoms with Crippen molar-refractivity contribution in [3.05, 3.63) is 70.7 Å². The number of Topliss-reactive ketones (excluding diaryl/α,β-unsaturated/α-hetero) is 1. The van der Waals surface area contributed by atoms with E-state index in [1.807, 2.05) is 12.1 Å². The number of carbonyl (C=O) groups excluding carboxylic acids is 3. The molecule has 0 unspecified atom stereocenters. The monoisotopic (exact) mass is 477 g/mol. The summed E-state index contributed by atoms with van der Waals surface area (Å²) in [5.74, 6) is 1.47. The number of rotatable bonds is 5. The van der Waals surface area contributed by atoms with Crippen LogP contribution in [0.5, 0.6) is 5.75 Å². The van der Waals surface area contributed by atoms with Crippen LogP contribution in [0.4, 0.5) is 5.69 Å². The number of anilines is 1. The number of allylic oxidation sites excluding steroid dienone is 2. The van der Waals surface area contributed by atoms with Crippen LogP contribution >= 0.6 is 15.9 Å². The van der Waals surface area contributed by atoms with E-state index in [1.54, 1.807) is 36.4 Å². The average molecular weight is 478 g/mol. The summed E-state index contributed by atoms with van der Waals surface area (Å²) in [6.07, 6.45) is 5.50. The third-order valence-electron chi connectivity index (χ3n) is 7.29. The summed E-state index contributed by atoms with van der Waals surface area (Å²) in [4.78, 5) is 40.0. The predicted octanol–water partition coefficient (Wildman–Crippen LogP) is 4.27. The maximum Gasteiger partial charge on any atom is 0.238 e. The molecule has 5 aliphatic rings. The molecule has 3 fully saturated rings. The number of nitrogens with zero attached hydrogens (tertiary/aromatic N) is 1. The maximum absolute atomic E-state index is 13.2. The van der Waals surface area contributed by atoms with Crippen LogP contribution < -0.4 is 9.64 Å². The van der Waals surface area contributed by atoms with E-state index in [0.717, 1.165) is 10.9 Å². The lowest BCUT2D eigenvalue weighted by Gasteiger charge is -2.37. The molecular formula is C25H20BrNO4. The van der Waals surface area contributed by atoms with Gasteiger partial charge in [0.2, 0.25) is 11.8 Å². The lowest BCUT2D eigenvalue weighted by Crippen LogP contribution is -2.40. The molecule has 6 heteroatoms. The molecule has 2 bridgehead atoms. The van der Waals surface area contributed by atoms with Crippen molar-refractivity contribution in [3.8, 4) is 5.75 Å². The van der Waals surface area contributed by atoms with Crippen LogP contribution in [0.1, 0.15) is 16.8 Å². The van der Waals surface area contributed by atoms with Crippen LogP contribution in [0.2, 0.25) is 0 Å². The van der Waals surface area contributed by atoms with E-state index in [-0.39, 0.29) is 47.9 Å². The van der Waals surface area contributed by atoms with Crippen LogP contribution in [0.15, 0.2) is 65.2 Å². The van der Waals surface area contributed by atoms with Crippen LogP contribution in [0.3, 0.4) is 0 Å². The Labute approximate surface area is 188 Å². The van der Waals surface area contributed by atoms with Crippen LogP contribution in [0.25, 0.3) is 0 Å². The molecule has 31 heavy (non-hydrogen) atoms. The number of hydrogen-bond donors (Lipinski definition) is 0. The van der Waals surface area contributed by atoms with Crippen molar-refractivity contribution in [2.45, 2.75) is 6.42 Å². The fourth-order valence-electron chi connectivity index (χ4n) is 5.77. The van der Waals surface area contributed by atoms with E-state index < -0.39 is 0 Å². The van der Waals surface area contributed by atoms with Gasteiger partial charge in [-0.15, -0.1) is 0 Å². The van der Waals surface area contributed by atoms with Crippen molar-refractivity contribution in [2.75, 3.05) is 11.5 Å². The minimum absolute atomic E-state index is 0.0706. The van der Waals surface area contributed by atoms with Crippen LogP contribution in [-0.2, 0) is 9.59 Å². The Morgan fingerprint density at radius 2 is 1.48 bits per heavy atom. The topological polar surface area (TPSA) is 63.7 Å². The zero-order valence-corrected chi connectivity index (χ0v) is 18.2. The molecule has 7 rings (SSSR count). The fraction of sp³-hybridized carbons (Fsp3) is 0.320. The SMILES string of the molecule is O=C(COc1ccc(N2C(=O)[C@@H]3[C@@H]4C=C[C@@H]([C@H]5C[C@@H]45)[C@@H]3C2=O)cc1)c1ccc(Br)cc1. The Morgan fingerprint density at radius 1 is 0.903 bits per heavy atom. The lowest BCUT2D eigenvalue weighted by atomic mass is 9.63. The number of hydrogen-bond acceptors (Lipinski definition) is 4. The van der Waals surface area contributed by atoms with Crippen molar-refractivity contribution < 1.29 is 19.1 Å². The predicted molar refractivity (Wildman–Crippen MR) is 118 cm³/mol. The Balaban J connectivity index is 1.16. The van der Waals surface area contributed by atoms with Crippen molar-refractivity contribution >= 4 is 39.2 Å². The summed E-state index contributed by atoms with van der Waals surface area (Å²) in [6.45, 7) is -0.0789. The van der Waals surface area contributed by atoms with Gasteiger partial charge in [0.15, 0.2) is 12.4 Å². The first-order chi connectivity index (χ1) is 15.0. The molecule has 1 heterocycles. The van der Waals surface area contributed by atoms with Crippen LogP contribution in [0, 0.1) is 35.5 Å². The molecule has 1 aliphatic heterocycles. The minimum atomic E-state index is -0.203. The van der Waals surface area contributed by atoms with Crippen LogP contribution in [-0.4, -0.2) is 24.2 Å². The van der Waals surface area contributed by atoms with Gasteiger partial charge in [-0.25, -0.2) is 0 Å². The lowest BCUT2D eigenvalue weighted by molar-refractivity contribution is -0.124. The van der Waals surface area contributed by atoms with E-state index >= 15 is 0 Å². The van der Waals surface area contributed by atoms with Gasteiger partial charge in [0.1, 0.15) is 5.75 Å². The second-order valence-electron chi connectivity index (χ2n) is 8.88. The summed E-state index contributed by atoms with van der Waals surface area (Å²) < 4.78 is 6.53. The first-order valence-electron chi connectivity index (χ1n) is 10.6. The van der Waals surface area contributed by atoms with Gasteiger partial charge in [0.25, 0.3) is 0 Å². The highest BCUT2D eigenvalue weighted by Crippen LogP contribution is 2.65. The maximum atomic E-state index is 13.2. The van der Waals surface area contributed by atoms with Crippen molar-refractivity contribution in [2.24, 2.45) is 35.5 Å². The van der Waals surface area contributed by atoms with E-state index in [9.17, 15) is 14.4 Å². The standard InChI is InChI=1S/C25H20BrNO4/c26-14-3-1-13(2-4-14)21(28)12-31-16-7-5-15(6-8-16)27-24(29)22-17-9-10-18(20-11-19(17)20)23(22)25(27)30/h1-10,17-20,22-23H,11-12H2/t17-,18+,19+,20-,22-,23+. The molecule has 2 aromatic carbocycles.